The van der Waals surface area contributed by atoms with Gasteiger partial charge in [-0.05, 0) is 92.9 Å². The van der Waals surface area contributed by atoms with Gasteiger partial charge in [0.25, 0.3) is 0 Å². The number of sulfonamides is 1. The van der Waals surface area contributed by atoms with Gasteiger partial charge in [0.15, 0.2) is 0 Å². The molecular weight excluding hydrogens is 400 g/mol. The fraction of sp³-hybridized carbons (Fsp3) is 0.696. The Morgan fingerprint density at radius 1 is 1.03 bits per heavy atom. The number of methoxy groups -OCH3 is 1. The van der Waals surface area contributed by atoms with Gasteiger partial charge in [-0.15, -0.1) is 0 Å². The summed E-state index contributed by atoms with van der Waals surface area (Å²) in [5, 5.41) is 3.38. The molecule has 1 unspecified atom stereocenters. The molecule has 0 radical (unpaired) electrons. The van der Waals surface area contributed by atoms with Gasteiger partial charge in [0.2, 0.25) is 15.9 Å². The summed E-state index contributed by atoms with van der Waals surface area (Å²) in [7, 11) is -2.05. The van der Waals surface area contributed by atoms with E-state index >= 15 is 0 Å². The van der Waals surface area contributed by atoms with E-state index in [4.69, 9.17) is 4.74 Å². The summed E-state index contributed by atoms with van der Waals surface area (Å²) in [5.41, 5.74) is 0. The summed E-state index contributed by atoms with van der Waals surface area (Å²) in [4.78, 5) is 13.4. The minimum absolute atomic E-state index is 0.0575. The Bertz CT molecular complexity index is 870. The number of carbonyl (C=O) groups excluding carboxylic acids is 1. The van der Waals surface area contributed by atoms with Gasteiger partial charge in [0, 0.05) is 19.1 Å². The molecule has 5 fully saturated rings. The number of nitrogens with zero attached hydrogens (tertiary/aromatic N) is 1. The number of benzene rings is 1. The Balaban J connectivity index is 1.25. The molecule has 7 heteroatoms. The van der Waals surface area contributed by atoms with Gasteiger partial charge in [0.05, 0.1) is 17.9 Å². The average Bonchev–Trinajstić information content (AvgIpc) is 2.75. The Morgan fingerprint density at radius 3 is 2.27 bits per heavy atom. The number of ether oxygens (including phenoxy) is 1. The smallest absolute Gasteiger partial charge is 0.243 e. The zero-order chi connectivity index (χ0) is 20.9. The van der Waals surface area contributed by atoms with Crippen LogP contribution in [-0.4, -0.2) is 44.9 Å². The van der Waals surface area contributed by atoms with Crippen LogP contribution in [0.2, 0.25) is 0 Å². The number of hydrogen-bond acceptors (Lipinski definition) is 4. The van der Waals surface area contributed by atoms with Crippen LogP contribution in [0.1, 0.15) is 44.9 Å². The molecule has 164 valence electrons. The SMILES string of the molecule is COc1ccc(S(=O)(=O)N2CCCC(C(=O)NC3C4CC5CC(C4)CC3C5)C2)cc1. The van der Waals surface area contributed by atoms with E-state index in [2.05, 4.69) is 5.32 Å². The molecule has 4 bridgehead atoms. The summed E-state index contributed by atoms with van der Waals surface area (Å²) < 4.78 is 32.8. The van der Waals surface area contributed by atoms with Crippen molar-refractivity contribution < 1.29 is 17.9 Å². The standard InChI is InChI=1S/C23H32N2O4S/c1-29-20-4-6-21(7-5-20)30(27,28)25-8-2-3-17(14-25)23(26)24-22-18-10-15-9-16(12-18)13-19(22)11-15/h4-7,15-19,22H,2-3,8-14H2,1H3,(H,24,26). The first-order chi connectivity index (χ1) is 14.4. The molecular formula is C23H32N2O4S. The second kappa shape index (κ2) is 7.83. The minimum atomic E-state index is -3.61. The molecule has 4 aliphatic carbocycles. The van der Waals surface area contributed by atoms with Crippen molar-refractivity contribution in [1.82, 2.24) is 9.62 Å². The van der Waals surface area contributed by atoms with Crippen LogP contribution in [0.3, 0.4) is 0 Å². The number of carbonyl (C=O) groups is 1. The van der Waals surface area contributed by atoms with Crippen molar-refractivity contribution in [2.75, 3.05) is 20.2 Å². The Labute approximate surface area is 179 Å². The van der Waals surface area contributed by atoms with E-state index in [0.717, 1.165) is 24.7 Å². The quantitative estimate of drug-likeness (QED) is 0.776. The van der Waals surface area contributed by atoms with Crippen molar-refractivity contribution in [3.8, 4) is 5.75 Å². The van der Waals surface area contributed by atoms with Crippen LogP contribution in [0.5, 0.6) is 5.75 Å². The lowest BCUT2D eigenvalue weighted by Crippen LogP contribution is -2.57. The molecule has 1 saturated heterocycles. The van der Waals surface area contributed by atoms with Gasteiger partial charge in [-0.1, -0.05) is 0 Å². The van der Waals surface area contributed by atoms with E-state index in [0.29, 0.717) is 30.2 Å². The molecule has 0 aromatic heterocycles. The largest absolute Gasteiger partial charge is 0.497 e. The molecule has 1 N–H and O–H groups in total. The maximum atomic E-state index is 13.1. The Hall–Kier alpha value is -1.60. The summed E-state index contributed by atoms with van der Waals surface area (Å²) in [6, 6.07) is 6.78. The Kier molecular flexibility index (Phi) is 5.30. The first-order valence-corrected chi connectivity index (χ1v) is 12.8. The highest BCUT2D eigenvalue weighted by Gasteiger charge is 2.49. The van der Waals surface area contributed by atoms with E-state index in [1.165, 1.54) is 36.4 Å². The summed E-state index contributed by atoms with van der Waals surface area (Å²) in [5.74, 6) is 3.44. The van der Waals surface area contributed by atoms with Crippen LogP contribution in [-0.2, 0) is 14.8 Å². The maximum Gasteiger partial charge on any atom is 0.243 e. The lowest BCUT2D eigenvalue weighted by molar-refractivity contribution is -0.130. The van der Waals surface area contributed by atoms with Crippen molar-refractivity contribution in [1.29, 1.82) is 0 Å². The lowest BCUT2D eigenvalue weighted by atomic mass is 9.54. The highest BCUT2D eigenvalue weighted by molar-refractivity contribution is 7.89. The van der Waals surface area contributed by atoms with Gasteiger partial charge in [-0.3, -0.25) is 4.79 Å². The van der Waals surface area contributed by atoms with Crippen molar-refractivity contribution in [2.45, 2.75) is 55.9 Å². The average molecular weight is 433 g/mol. The van der Waals surface area contributed by atoms with E-state index in [-0.39, 0.29) is 23.3 Å². The van der Waals surface area contributed by atoms with E-state index < -0.39 is 10.0 Å². The topological polar surface area (TPSA) is 75.7 Å². The van der Waals surface area contributed by atoms with E-state index in [1.54, 1.807) is 31.4 Å². The van der Waals surface area contributed by atoms with Gasteiger partial charge in [-0.25, -0.2) is 8.42 Å². The fourth-order valence-electron chi connectivity index (χ4n) is 6.71. The summed E-state index contributed by atoms with van der Waals surface area (Å²) in [6.45, 7) is 0.740. The van der Waals surface area contributed by atoms with Crippen molar-refractivity contribution in [3.05, 3.63) is 24.3 Å². The molecule has 1 heterocycles. The summed E-state index contributed by atoms with van der Waals surface area (Å²) in [6.07, 6.45) is 7.93. The van der Waals surface area contributed by atoms with Crippen molar-refractivity contribution in [2.24, 2.45) is 29.6 Å². The predicted molar refractivity (Wildman–Crippen MR) is 113 cm³/mol. The van der Waals surface area contributed by atoms with Crippen LogP contribution < -0.4 is 10.1 Å². The highest BCUT2D eigenvalue weighted by atomic mass is 32.2. The number of rotatable bonds is 5. The first kappa shape index (κ1) is 20.3. The zero-order valence-corrected chi connectivity index (χ0v) is 18.4. The second-order valence-electron chi connectivity index (χ2n) is 9.84. The van der Waals surface area contributed by atoms with Crippen LogP contribution in [0.15, 0.2) is 29.2 Å². The van der Waals surface area contributed by atoms with Crippen LogP contribution in [0.4, 0.5) is 0 Å². The fourth-order valence-corrected chi connectivity index (χ4v) is 8.24. The zero-order valence-electron chi connectivity index (χ0n) is 17.6. The van der Waals surface area contributed by atoms with Gasteiger partial charge in [-0.2, -0.15) is 4.31 Å². The molecule has 1 aromatic rings. The van der Waals surface area contributed by atoms with Crippen LogP contribution >= 0.6 is 0 Å². The predicted octanol–water partition coefficient (Wildman–Crippen LogP) is 3.04. The summed E-state index contributed by atoms with van der Waals surface area (Å²) >= 11 is 0. The second-order valence-corrected chi connectivity index (χ2v) is 11.8. The highest BCUT2D eigenvalue weighted by Crippen LogP contribution is 2.53. The third kappa shape index (κ3) is 3.64. The molecule has 1 aromatic carbocycles. The third-order valence-corrected chi connectivity index (χ3v) is 9.87. The lowest BCUT2D eigenvalue weighted by Gasteiger charge is -2.54. The molecule has 5 aliphatic rings. The Morgan fingerprint density at radius 2 is 1.67 bits per heavy atom. The molecule has 1 atom stereocenters. The molecule has 1 amide bonds. The first-order valence-electron chi connectivity index (χ1n) is 11.4. The van der Waals surface area contributed by atoms with E-state index in [9.17, 15) is 13.2 Å². The van der Waals surface area contributed by atoms with Crippen LogP contribution in [0, 0.1) is 29.6 Å². The normalized spacial score (nSPS) is 35.9. The monoisotopic (exact) mass is 432 g/mol. The van der Waals surface area contributed by atoms with Gasteiger partial charge in [0.1, 0.15) is 5.75 Å². The molecule has 0 spiro atoms. The number of piperidine rings is 1. The van der Waals surface area contributed by atoms with Crippen LogP contribution in [0.25, 0.3) is 0 Å². The molecule has 6 nitrogen and oxygen atoms in total. The van der Waals surface area contributed by atoms with Crippen molar-refractivity contribution in [3.63, 3.8) is 0 Å². The van der Waals surface area contributed by atoms with Gasteiger partial charge >= 0.3 is 0 Å². The third-order valence-electron chi connectivity index (χ3n) is 7.99. The van der Waals surface area contributed by atoms with E-state index in [1.807, 2.05) is 0 Å². The number of nitrogens with one attached hydrogen (secondary N) is 1. The van der Waals surface area contributed by atoms with Crippen molar-refractivity contribution >= 4 is 15.9 Å². The molecule has 1 aliphatic heterocycles. The van der Waals surface area contributed by atoms with Gasteiger partial charge < -0.3 is 10.1 Å². The molecule has 6 rings (SSSR count). The molecule has 30 heavy (non-hydrogen) atoms. The minimum Gasteiger partial charge on any atom is -0.497 e. The number of hydrogen-bond donors (Lipinski definition) is 1. The maximum absolute atomic E-state index is 13.1. The number of amides is 1. The molecule has 4 saturated carbocycles.